The molecule has 0 unspecified atom stereocenters. The molecule has 3 aromatic rings. The lowest BCUT2D eigenvalue weighted by atomic mass is 10.1. The number of fused-ring (bicyclic) bond motifs is 1. The molecule has 0 fully saturated rings. The SMILES string of the molecule is NCCc1c[nH]c2ccc(OC(=O)c3cc(O)c(O)c(N=O)c3)cc12. The largest absolute Gasteiger partial charge is 0.504 e. The van der Waals surface area contributed by atoms with Gasteiger partial charge in [-0.05, 0) is 54.0 Å². The average molecular weight is 341 g/mol. The summed E-state index contributed by atoms with van der Waals surface area (Å²) in [5, 5.41) is 22.5. The molecule has 25 heavy (non-hydrogen) atoms. The van der Waals surface area contributed by atoms with Gasteiger partial charge in [-0.2, -0.15) is 0 Å². The molecule has 0 saturated carbocycles. The molecule has 8 heteroatoms. The molecule has 0 spiro atoms. The number of esters is 1. The fraction of sp³-hybridized carbons (Fsp3) is 0.118. The molecule has 8 nitrogen and oxygen atoms in total. The second-order valence-electron chi connectivity index (χ2n) is 5.40. The van der Waals surface area contributed by atoms with Crippen molar-refractivity contribution in [3.8, 4) is 17.2 Å². The van der Waals surface area contributed by atoms with Crippen LogP contribution in [0.25, 0.3) is 10.9 Å². The molecule has 0 aliphatic rings. The molecule has 0 atom stereocenters. The van der Waals surface area contributed by atoms with Crippen LogP contribution in [0.15, 0.2) is 41.7 Å². The molecular formula is C17H15N3O5. The van der Waals surface area contributed by atoms with E-state index >= 15 is 0 Å². The first-order valence-corrected chi connectivity index (χ1v) is 7.45. The summed E-state index contributed by atoms with van der Waals surface area (Å²) in [6, 6.07) is 7.13. The van der Waals surface area contributed by atoms with E-state index in [1.54, 1.807) is 18.2 Å². The number of carbonyl (C=O) groups is 1. The number of aromatic hydroxyl groups is 2. The lowest BCUT2D eigenvalue weighted by molar-refractivity contribution is 0.0734. The number of aromatic nitrogens is 1. The van der Waals surface area contributed by atoms with Crippen molar-refractivity contribution >= 4 is 22.6 Å². The summed E-state index contributed by atoms with van der Waals surface area (Å²) < 4.78 is 5.28. The minimum absolute atomic E-state index is 0.110. The van der Waals surface area contributed by atoms with Gasteiger partial charge in [0.25, 0.3) is 0 Å². The van der Waals surface area contributed by atoms with E-state index < -0.39 is 23.2 Å². The Hall–Kier alpha value is -3.39. The Balaban J connectivity index is 1.90. The Morgan fingerprint density at radius 3 is 2.76 bits per heavy atom. The summed E-state index contributed by atoms with van der Waals surface area (Å²) in [7, 11) is 0. The highest BCUT2D eigenvalue weighted by Gasteiger charge is 2.17. The maximum atomic E-state index is 12.2. The molecule has 3 rings (SSSR count). The summed E-state index contributed by atoms with van der Waals surface area (Å²) >= 11 is 0. The summed E-state index contributed by atoms with van der Waals surface area (Å²) in [5.74, 6) is -1.82. The number of hydrogen-bond acceptors (Lipinski definition) is 7. The number of rotatable bonds is 5. The monoisotopic (exact) mass is 341 g/mol. The van der Waals surface area contributed by atoms with Gasteiger partial charge in [-0.25, -0.2) is 4.79 Å². The normalized spacial score (nSPS) is 10.8. The summed E-state index contributed by atoms with van der Waals surface area (Å²) in [4.78, 5) is 26.0. The van der Waals surface area contributed by atoms with Crippen LogP contribution >= 0.6 is 0 Å². The summed E-state index contributed by atoms with van der Waals surface area (Å²) in [6.45, 7) is 0.491. The number of hydrogen-bond donors (Lipinski definition) is 4. The molecule has 5 N–H and O–H groups in total. The van der Waals surface area contributed by atoms with Crippen LogP contribution in [0.2, 0.25) is 0 Å². The van der Waals surface area contributed by atoms with Gasteiger partial charge >= 0.3 is 5.97 Å². The first-order chi connectivity index (χ1) is 12.0. The highest BCUT2D eigenvalue weighted by Crippen LogP contribution is 2.36. The van der Waals surface area contributed by atoms with Gasteiger partial charge < -0.3 is 25.7 Å². The number of nitroso groups, excluding NO2 is 1. The number of nitrogens with two attached hydrogens (primary N) is 1. The first kappa shape index (κ1) is 16.5. The maximum Gasteiger partial charge on any atom is 0.343 e. The van der Waals surface area contributed by atoms with Crippen LogP contribution in [-0.2, 0) is 6.42 Å². The van der Waals surface area contributed by atoms with Crippen molar-refractivity contribution in [1.29, 1.82) is 0 Å². The zero-order valence-electron chi connectivity index (χ0n) is 13.0. The molecule has 2 aromatic carbocycles. The second kappa shape index (κ2) is 6.62. The zero-order valence-corrected chi connectivity index (χ0v) is 13.0. The fourth-order valence-electron chi connectivity index (χ4n) is 2.54. The van der Waals surface area contributed by atoms with Gasteiger partial charge in [-0.15, -0.1) is 4.91 Å². The van der Waals surface area contributed by atoms with Crippen LogP contribution in [0, 0.1) is 4.91 Å². The van der Waals surface area contributed by atoms with Crippen molar-refractivity contribution in [3.05, 3.63) is 52.6 Å². The van der Waals surface area contributed by atoms with Crippen molar-refractivity contribution in [1.82, 2.24) is 4.98 Å². The number of nitrogens with zero attached hydrogens (tertiary/aromatic N) is 1. The van der Waals surface area contributed by atoms with Gasteiger partial charge in [-0.3, -0.25) is 0 Å². The molecule has 0 radical (unpaired) electrons. The molecule has 0 aliphatic heterocycles. The number of aromatic amines is 1. The van der Waals surface area contributed by atoms with E-state index in [9.17, 15) is 19.9 Å². The number of carbonyl (C=O) groups excluding carboxylic acids is 1. The molecule has 0 bridgehead atoms. The number of phenolic OH excluding ortho intramolecular Hbond substituents is 2. The van der Waals surface area contributed by atoms with Crippen molar-refractivity contribution < 1.29 is 19.7 Å². The highest BCUT2D eigenvalue weighted by atomic mass is 16.5. The minimum Gasteiger partial charge on any atom is -0.504 e. The minimum atomic E-state index is -0.796. The third-order valence-electron chi connectivity index (χ3n) is 3.77. The molecule has 0 amide bonds. The maximum absolute atomic E-state index is 12.2. The number of H-pyrrole nitrogens is 1. The van der Waals surface area contributed by atoms with E-state index in [0.29, 0.717) is 18.7 Å². The van der Waals surface area contributed by atoms with Gasteiger partial charge in [0, 0.05) is 17.1 Å². The van der Waals surface area contributed by atoms with E-state index in [0.717, 1.165) is 28.6 Å². The predicted molar refractivity (Wildman–Crippen MR) is 91.2 cm³/mol. The van der Waals surface area contributed by atoms with Gasteiger partial charge in [0.15, 0.2) is 17.2 Å². The van der Waals surface area contributed by atoms with Crippen molar-refractivity contribution in [2.24, 2.45) is 10.9 Å². The zero-order chi connectivity index (χ0) is 18.0. The number of nitrogens with one attached hydrogen (secondary N) is 1. The molecular weight excluding hydrogens is 326 g/mol. The van der Waals surface area contributed by atoms with E-state index in [-0.39, 0.29) is 5.56 Å². The van der Waals surface area contributed by atoms with Crippen LogP contribution in [0.4, 0.5) is 5.69 Å². The Kier molecular flexibility index (Phi) is 4.36. The standard InChI is InChI=1S/C17H15N3O5/c18-4-3-9-8-19-13-2-1-11(7-12(9)13)25-17(23)10-5-14(20-24)16(22)15(21)6-10/h1-2,5-8,19,21-22H,3-4,18H2. The van der Waals surface area contributed by atoms with Crippen LogP contribution in [0.3, 0.4) is 0 Å². The molecule has 1 heterocycles. The quantitative estimate of drug-likeness (QED) is 0.244. The van der Waals surface area contributed by atoms with E-state index in [2.05, 4.69) is 10.2 Å². The topological polar surface area (TPSA) is 138 Å². The summed E-state index contributed by atoms with van der Waals surface area (Å²) in [6.07, 6.45) is 2.53. The van der Waals surface area contributed by atoms with E-state index in [1.807, 2.05) is 6.20 Å². The molecule has 128 valence electrons. The molecule has 0 saturated heterocycles. The molecule has 1 aromatic heterocycles. The fourth-order valence-corrected chi connectivity index (χ4v) is 2.54. The van der Waals surface area contributed by atoms with Gasteiger partial charge in [0.05, 0.1) is 5.56 Å². The Labute approximate surface area is 141 Å². The van der Waals surface area contributed by atoms with Crippen molar-refractivity contribution in [3.63, 3.8) is 0 Å². The lowest BCUT2D eigenvalue weighted by Gasteiger charge is -2.07. The Bertz CT molecular complexity index is 964. The second-order valence-corrected chi connectivity index (χ2v) is 5.40. The van der Waals surface area contributed by atoms with Crippen LogP contribution in [-0.4, -0.2) is 27.7 Å². The third kappa shape index (κ3) is 3.15. The van der Waals surface area contributed by atoms with Crippen LogP contribution in [0.1, 0.15) is 15.9 Å². The summed E-state index contributed by atoms with van der Waals surface area (Å²) in [5.41, 5.74) is 6.92. The predicted octanol–water partition coefficient (Wildman–Crippen LogP) is 2.70. The molecule has 0 aliphatic carbocycles. The first-order valence-electron chi connectivity index (χ1n) is 7.45. The van der Waals surface area contributed by atoms with Crippen molar-refractivity contribution in [2.45, 2.75) is 6.42 Å². The van der Waals surface area contributed by atoms with E-state index in [1.165, 1.54) is 0 Å². The van der Waals surface area contributed by atoms with Gasteiger partial charge in [-0.1, -0.05) is 0 Å². The number of phenols is 2. The van der Waals surface area contributed by atoms with Gasteiger partial charge in [0.2, 0.25) is 0 Å². The Morgan fingerprint density at radius 1 is 1.24 bits per heavy atom. The number of benzene rings is 2. The smallest absolute Gasteiger partial charge is 0.343 e. The highest BCUT2D eigenvalue weighted by molar-refractivity contribution is 5.94. The average Bonchev–Trinajstić information content (AvgIpc) is 3.00. The third-order valence-corrected chi connectivity index (χ3v) is 3.77. The van der Waals surface area contributed by atoms with Crippen LogP contribution in [0.5, 0.6) is 17.2 Å². The van der Waals surface area contributed by atoms with Crippen LogP contribution < -0.4 is 10.5 Å². The van der Waals surface area contributed by atoms with E-state index in [4.69, 9.17) is 10.5 Å². The number of ether oxygens (including phenoxy) is 1. The Morgan fingerprint density at radius 2 is 2.04 bits per heavy atom. The van der Waals surface area contributed by atoms with Crippen molar-refractivity contribution in [2.75, 3.05) is 6.54 Å². The lowest BCUT2D eigenvalue weighted by Crippen LogP contribution is -2.08. The van der Waals surface area contributed by atoms with Gasteiger partial charge in [0.1, 0.15) is 5.75 Å².